The number of fused-ring (bicyclic) bond motifs is 10. The second-order valence-electron chi connectivity index (χ2n) is 9.37. The number of aryl methyl sites for hydroxylation is 1. The van der Waals surface area contributed by atoms with Crippen LogP contribution in [0.4, 0.5) is 17.6 Å². The lowest BCUT2D eigenvalue weighted by Crippen LogP contribution is -2.77. The number of halogens is 4. The second kappa shape index (κ2) is 5.83. The Morgan fingerprint density at radius 2 is 1.61 bits per heavy atom. The van der Waals surface area contributed by atoms with Gasteiger partial charge in [0.05, 0.1) is 11.8 Å². The van der Waals surface area contributed by atoms with Crippen molar-refractivity contribution in [2.24, 2.45) is 0 Å². The van der Waals surface area contributed by atoms with Crippen LogP contribution in [0.25, 0.3) is 22.9 Å². The molecule has 0 bridgehead atoms. The molecule has 6 heterocycles. The Balaban J connectivity index is 1.77. The van der Waals surface area contributed by atoms with Crippen LogP contribution in [-0.2, 0) is 17.5 Å². The quantitative estimate of drug-likeness (QED) is 0.260. The highest BCUT2D eigenvalue weighted by Gasteiger charge is 2.71. The molecule has 4 aromatic heterocycles. The highest BCUT2D eigenvalue weighted by molar-refractivity contribution is 5.57. The van der Waals surface area contributed by atoms with Crippen LogP contribution in [0.1, 0.15) is 37.9 Å². The van der Waals surface area contributed by atoms with Crippen molar-refractivity contribution in [3.05, 3.63) is 65.6 Å². The zero-order valence-corrected chi connectivity index (χ0v) is 18.2. The minimum Gasteiger partial charge on any atom is -0.206 e. The molecule has 2 aliphatic rings. The summed E-state index contributed by atoms with van der Waals surface area (Å²) in [5.41, 5.74) is 3.20. The number of hydrogen-bond donors (Lipinski definition) is 0. The number of hydrogen-bond acceptors (Lipinski definition) is 3. The van der Waals surface area contributed by atoms with Crippen LogP contribution in [0.2, 0.25) is 0 Å². The van der Waals surface area contributed by atoms with Crippen molar-refractivity contribution in [3.63, 3.8) is 0 Å². The molecule has 0 N–H and O–H groups in total. The average molecular weight is 457 g/mol. The maximum Gasteiger partial charge on any atom is 0.584 e. The zero-order valence-electron chi connectivity index (χ0n) is 18.2. The van der Waals surface area contributed by atoms with E-state index in [9.17, 15) is 17.6 Å². The lowest BCUT2D eigenvalue weighted by atomic mass is 9.87. The van der Waals surface area contributed by atoms with Gasteiger partial charge in [-0.3, -0.25) is 0 Å². The number of rotatable bonds is 0. The van der Waals surface area contributed by atoms with Crippen LogP contribution < -0.4 is 9.13 Å². The Morgan fingerprint density at radius 1 is 0.909 bits per heavy atom. The summed E-state index contributed by atoms with van der Waals surface area (Å²) >= 11 is 0. The predicted octanol–water partition coefficient (Wildman–Crippen LogP) is 2.99. The van der Waals surface area contributed by atoms with E-state index in [0.29, 0.717) is 11.4 Å². The first-order chi connectivity index (χ1) is 15.4. The molecule has 0 aromatic carbocycles. The van der Waals surface area contributed by atoms with E-state index < -0.39 is 23.7 Å². The number of pyridine rings is 2. The molecule has 6 rings (SSSR count). The van der Waals surface area contributed by atoms with Crippen molar-refractivity contribution in [2.45, 2.75) is 45.2 Å². The summed E-state index contributed by atoms with van der Waals surface area (Å²) in [6.07, 6.45) is -1.47. The summed E-state index contributed by atoms with van der Waals surface area (Å²) in [7, 11) is 0. The highest BCUT2D eigenvalue weighted by Crippen LogP contribution is 2.39. The molecule has 0 aliphatic carbocycles. The van der Waals surface area contributed by atoms with Gasteiger partial charge in [-0.2, -0.15) is 23.3 Å². The molecule has 2 aliphatic heterocycles. The minimum atomic E-state index is -4.76. The summed E-state index contributed by atoms with van der Waals surface area (Å²) < 4.78 is 61.3. The van der Waals surface area contributed by atoms with Crippen molar-refractivity contribution in [2.75, 3.05) is 0 Å². The van der Waals surface area contributed by atoms with Crippen LogP contribution in [0.15, 0.2) is 42.7 Å². The lowest BCUT2D eigenvalue weighted by molar-refractivity contribution is -0.990. The van der Waals surface area contributed by atoms with E-state index in [1.165, 1.54) is 16.9 Å². The van der Waals surface area contributed by atoms with E-state index in [2.05, 4.69) is 36.0 Å². The van der Waals surface area contributed by atoms with Gasteiger partial charge in [0, 0.05) is 18.2 Å². The topological polar surface area (TPSA) is 56.3 Å². The summed E-state index contributed by atoms with van der Waals surface area (Å²) in [5, 5.41) is 8.51. The summed E-state index contributed by atoms with van der Waals surface area (Å²) in [6, 6.07) is 8.21. The molecule has 11 heteroatoms. The second-order valence-corrected chi connectivity index (χ2v) is 9.37. The normalized spacial score (nSPS) is 18.4. The van der Waals surface area contributed by atoms with Gasteiger partial charge in [0.15, 0.2) is 12.4 Å². The molecular weight excluding hydrogens is 438 g/mol. The Labute approximate surface area is 185 Å². The first-order valence-corrected chi connectivity index (χ1v) is 10.3. The van der Waals surface area contributed by atoms with Gasteiger partial charge in [0.25, 0.3) is 11.5 Å². The minimum absolute atomic E-state index is 0.0961. The maximum atomic E-state index is 14.2. The van der Waals surface area contributed by atoms with Gasteiger partial charge in [-0.1, -0.05) is 34.6 Å². The number of nitrogens with zero attached hydrogens (tertiary/aromatic N) is 7. The summed E-state index contributed by atoms with van der Waals surface area (Å²) in [4.78, 5) is 3.76. The van der Waals surface area contributed by atoms with Gasteiger partial charge >= 0.3 is 12.1 Å². The van der Waals surface area contributed by atoms with E-state index in [1.54, 1.807) is 13.8 Å². The largest absolute Gasteiger partial charge is 0.584 e. The van der Waals surface area contributed by atoms with Gasteiger partial charge in [-0.05, 0) is 24.0 Å². The van der Waals surface area contributed by atoms with Crippen LogP contribution in [-0.4, -0.2) is 24.5 Å². The first kappa shape index (κ1) is 20.0. The average Bonchev–Trinajstić information content (AvgIpc) is 3.42. The van der Waals surface area contributed by atoms with Crippen molar-refractivity contribution in [1.29, 1.82) is 0 Å². The highest BCUT2D eigenvalue weighted by atomic mass is 19.4. The SMILES string of the molecule is Cc1cc2n(n1)C1(n3nc(C(F)(F)F)nc3-c3cc(F)cc[n+]31)[n+]1ccc(C(C)(C)C)cc1-2. The molecule has 7 nitrogen and oxygen atoms in total. The molecular formula is C22H19F4N7+2. The molecule has 0 radical (unpaired) electrons. The Bertz CT molecular complexity index is 1480. The fourth-order valence-corrected chi connectivity index (χ4v) is 4.67. The predicted molar refractivity (Wildman–Crippen MR) is 106 cm³/mol. The molecule has 0 fully saturated rings. The fourth-order valence-electron chi connectivity index (χ4n) is 4.67. The molecule has 1 atom stereocenters. The fraction of sp³-hybridized carbons (Fsp3) is 0.318. The van der Waals surface area contributed by atoms with Gasteiger partial charge in [0.1, 0.15) is 11.5 Å². The molecule has 0 saturated carbocycles. The summed E-state index contributed by atoms with van der Waals surface area (Å²) in [5.74, 6) is -3.48. The van der Waals surface area contributed by atoms with Gasteiger partial charge in [0.2, 0.25) is 11.5 Å². The van der Waals surface area contributed by atoms with Gasteiger partial charge < -0.3 is 0 Å². The van der Waals surface area contributed by atoms with Crippen LogP contribution >= 0.6 is 0 Å². The third-order valence-electron chi connectivity index (χ3n) is 6.14. The molecule has 1 spiro atoms. The van der Waals surface area contributed by atoms with E-state index in [-0.39, 0.29) is 16.9 Å². The Morgan fingerprint density at radius 3 is 2.30 bits per heavy atom. The molecule has 1 unspecified atom stereocenters. The number of alkyl halides is 3. The van der Waals surface area contributed by atoms with E-state index in [4.69, 9.17) is 0 Å². The van der Waals surface area contributed by atoms with Crippen molar-refractivity contribution in [1.82, 2.24) is 24.5 Å². The Hall–Kier alpha value is -3.63. The summed E-state index contributed by atoms with van der Waals surface area (Å²) in [6.45, 7) is 8.06. The van der Waals surface area contributed by atoms with Crippen LogP contribution in [0.5, 0.6) is 0 Å². The molecule has 0 amide bonds. The smallest absolute Gasteiger partial charge is 0.206 e. The monoisotopic (exact) mass is 457 g/mol. The standard InChI is InChI=1S/C22H19F4N7/c1-12-9-16-15-10-13(20(2,3)4)5-7-30(15)22(32(16)28-12)31-8-6-14(23)11-17(31)18-27-19(21(24,25)26)29-33(18)22/h5-11H,1-4H3/q+2. The van der Waals surface area contributed by atoms with Crippen LogP contribution in [0.3, 0.4) is 0 Å². The van der Waals surface area contributed by atoms with E-state index in [1.807, 2.05) is 31.3 Å². The third kappa shape index (κ3) is 2.42. The zero-order chi connectivity index (χ0) is 23.5. The first-order valence-electron chi connectivity index (χ1n) is 10.3. The van der Waals surface area contributed by atoms with E-state index >= 15 is 0 Å². The molecule has 4 aromatic rings. The van der Waals surface area contributed by atoms with Gasteiger partial charge in [-0.25, -0.2) is 4.39 Å². The van der Waals surface area contributed by atoms with E-state index in [0.717, 1.165) is 17.3 Å². The van der Waals surface area contributed by atoms with Crippen molar-refractivity contribution < 1.29 is 26.7 Å². The molecule has 168 valence electrons. The lowest BCUT2D eigenvalue weighted by Gasteiger charge is -2.19. The van der Waals surface area contributed by atoms with Crippen LogP contribution in [0, 0.1) is 12.7 Å². The molecule has 0 saturated heterocycles. The Kier molecular flexibility index (Phi) is 3.54. The maximum absolute atomic E-state index is 14.2. The van der Waals surface area contributed by atoms with Crippen molar-refractivity contribution >= 4 is 0 Å². The third-order valence-corrected chi connectivity index (χ3v) is 6.14. The van der Waals surface area contributed by atoms with Crippen molar-refractivity contribution in [3.8, 4) is 22.9 Å². The van der Waals surface area contributed by atoms with Gasteiger partial charge in [-0.15, -0.1) is 9.78 Å². The number of aromatic nitrogens is 7. The molecule has 33 heavy (non-hydrogen) atoms.